The van der Waals surface area contributed by atoms with Crippen LogP contribution in [-0.4, -0.2) is 50.4 Å². The van der Waals surface area contributed by atoms with Gasteiger partial charge in [-0.25, -0.2) is 13.4 Å². The summed E-state index contributed by atoms with van der Waals surface area (Å²) in [5.41, 5.74) is 2.29. The first-order valence-electron chi connectivity index (χ1n) is 11.9. The van der Waals surface area contributed by atoms with Crippen LogP contribution < -0.4 is 9.62 Å². The first-order chi connectivity index (χ1) is 17.3. The van der Waals surface area contributed by atoms with Crippen LogP contribution in [0.2, 0.25) is 0 Å². The van der Waals surface area contributed by atoms with E-state index in [2.05, 4.69) is 23.5 Å². The van der Waals surface area contributed by atoms with Gasteiger partial charge in [0.1, 0.15) is 0 Å². The Morgan fingerprint density at radius 1 is 0.919 bits per heavy atom. The molecule has 0 bridgehead atoms. The molecule has 1 aromatic heterocycles. The summed E-state index contributed by atoms with van der Waals surface area (Å²) in [6, 6.07) is 21.1. The molecule has 3 aromatic carbocycles. The van der Waals surface area contributed by atoms with E-state index in [9.17, 15) is 13.2 Å². The number of hydrogen-bond acceptors (Lipinski definition) is 6. The Hall–Kier alpha value is -2.98. The molecular formula is C27H31ClN4O3S2. The molecule has 4 aromatic rings. The highest BCUT2D eigenvalue weighted by Crippen LogP contribution is 2.31. The van der Waals surface area contributed by atoms with E-state index in [0.29, 0.717) is 18.2 Å². The molecule has 0 unspecified atom stereocenters. The van der Waals surface area contributed by atoms with Gasteiger partial charge in [0.2, 0.25) is 0 Å². The lowest BCUT2D eigenvalue weighted by Gasteiger charge is -2.25. The number of fused-ring (bicyclic) bond motifs is 1. The molecule has 0 saturated heterocycles. The number of carbonyl (C=O) groups is 1. The first-order valence-corrected chi connectivity index (χ1v) is 14.2. The number of anilines is 2. The number of amides is 1. The zero-order valence-corrected chi connectivity index (χ0v) is 23.5. The lowest BCUT2D eigenvalue weighted by atomic mass is 10.1. The molecule has 1 heterocycles. The van der Waals surface area contributed by atoms with Crippen LogP contribution in [0.5, 0.6) is 0 Å². The Bertz CT molecular complexity index is 1420. The molecular weight excluding hydrogens is 528 g/mol. The molecule has 0 spiro atoms. The topological polar surface area (TPSA) is 82.6 Å². The lowest BCUT2D eigenvalue weighted by molar-refractivity contribution is 0.0984. The fourth-order valence-electron chi connectivity index (χ4n) is 3.87. The first kappa shape index (κ1) is 28.6. The fourth-order valence-corrected chi connectivity index (χ4v) is 5.94. The van der Waals surface area contributed by atoms with Gasteiger partial charge in [0.05, 0.1) is 26.4 Å². The van der Waals surface area contributed by atoms with E-state index >= 15 is 0 Å². The molecule has 10 heteroatoms. The average molecular weight is 559 g/mol. The van der Waals surface area contributed by atoms with E-state index in [1.807, 2.05) is 31.2 Å². The molecule has 1 amide bonds. The van der Waals surface area contributed by atoms with Crippen molar-refractivity contribution in [3.8, 4) is 0 Å². The summed E-state index contributed by atoms with van der Waals surface area (Å²) in [6.45, 7) is 8.90. The van der Waals surface area contributed by atoms with E-state index in [0.717, 1.165) is 28.9 Å². The second-order valence-corrected chi connectivity index (χ2v) is 11.1. The van der Waals surface area contributed by atoms with Gasteiger partial charge in [-0.2, -0.15) is 0 Å². The molecule has 0 radical (unpaired) electrons. The van der Waals surface area contributed by atoms with Crippen molar-refractivity contribution in [3.63, 3.8) is 0 Å². The normalized spacial score (nSPS) is 11.4. The second kappa shape index (κ2) is 12.5. The van der Waals surface area contributed by atoms with Crippen LogP contribution in [0.15, 0.2) is 77.7 Å². The number of sulfonamides is 1. The number of likely N-dealkylation sites (N-methyl/N-ethyl adjacent to an activating group) is 1. The Morgan fingerprint density at radius 3 is 2.24 bits per heavy atom. The van der Waals surface area contributed by atoms with E-state index in [-0.39, 0.29) is 34.5 Å². The van der Waals surface area contributed by atoms with Crippen molar-refractivity contribution in [2.45, 2.75) is 25.7 Å². The van der Waals surface area contributed by atoms with E-state index in [1.165, 1.54) is 11.3 Å². The average Bonchev–Trinajstić information content (AvgIpc) is 3.30. The van der Waals surface area contributed by atoms with Crippen LogP contribution in [0, 0.1) is 6.92 Å². The van der Waals surface area contributed by atoms with Crippen LogP contribution in [0.3, 0.4) is 0 Å². The summed E-state index contributed by atoms with van der Waals surface area (Å²) in [6.07, 6.45) is 0. The zero-order chi connectivity index (χ0) is 25.7. The third-order valence-corrected chi connectivity index (χ3v) is 8.47. The molecule has 37 heavy (non-hydrogen) atoms. The predicted molar refractivity (Wildman–Crippen MR) is 155 cm³/mol. The van der Waals surface area contributed by atoms with Gasteiger partial charge in [0.25, 0.3) is 15.9 Å². The van der Waals surface area contributed by atoms with Crippen LogP contribution in [0.1, 0.15) is 29.8 Å². The number of hydrogen-bond donors (Lipinski definition) is 1. The standard InChI is InChI=1S/C27H30N4O3S2.ClH/c1-4-30(5-2)18-19-31(27-28-24-12-8-9-13-25(24)35-27)26(32)22-10-6-7-11-23(22)29-36(33,34)21-16-14-20(3)15-17-21;/h6-17,29H,4-5,18-19H2,1-3H3;1H. The van der Waals surface area contributed by atoms with E-state index in [1.54, 1.807) is 53.4 Å². The van der Waals surface area contributed by atoms with E-state index in [4.69, 9.17) is 4.98 Å². The van der Waals surface area contributed by atoms with Gasteiger partial charge in [-0.15, -0.1) is 12.4 Å². The SMILES string of the molecule is CCN(CC)CCN(C(=O)c1ccccc1NS(=O)(=O)c1ccc(C)cc1)c1nc2ccccc2s1.Cl. The lowest BCUT2D eigenvalue weighted by Crippen LogP contribution is -2.39. The van der Waals surface area contributed by atoms with Crippen molar-refractivity contribution in [1.29, 1.82) is 0 Å². The number of nitrogens with one attached hydrogen (secondary N) is 1. The number of para-hydroxylation sites is 2. The molecule has 0 fully saturated rings. The van der Waals surface area contributed by atoms with Gasteiger partial charge < -0.3 is 4.90 Å². The number of aryl methyl sites for hydroxylation is 1. The number of aromatic nitrogens is 1. The van der Waals surface area contributed by atoms with Crippen molar-refractivity contribution in [2.24, 2.45) is 0 Å². The maximum atomic E-state index is 13.9. The van der Waals surface area contributed by atoms with Gasteiger partial charge >= 0.3 is 0 Å². The summed E-state index contributed by atoms with van der Waals surface area (Å²) >= 11 is 1.45. The van der Waals surface area contributed by atoms with Crippen LogP contribution in [-0.2, 0) is 10.0 Å². The van der Waals surface area contributed by atoms with Gasteiger partial charge in [-0.05, 0) is 56.4 Å². The Labute approximate surface area is 228 Å². The minimum atomic E-state index is -3.87. The number of nitrogens with zero attached hydrogens (tertiary/aromatic N) is 3. The quantitative estimate of drug-likeness (QED) is 0.265. The fraction of sp³-hybridized carbons (Fsp3) is 0.259. The van der Waals surface area contributed by atoms with E-state index < -0.39 is 10.0 Å². The number of rotatable bonds is 10. The molecule has 4 rings (SSSR count). The number of halogens is 1. The highest BCUT2D eigenvalue weighted by Gasteiger charge is 2.25. The van der Waals surface area contributed by atoms with Crippen LogP contribution >= 0.6 is 23.7 Å². The summed E-state index contributed by atoms with van der Waals surface area (Å²) in [7, 11) is -3.87. The van der Waals surface area contributed by atoms with Gasteiger partial charge in [0.15, 0.2) is 5.13 Å². The van der Waals surface area contributed by atoms with Gasteiger partial charge in [0, 0.05) is 13.1 Å². The molecule has 0 aliphatic rings. The third-order valence-electron chi connectivity index (χ3n) is 6.03. The van der Waals surface area contributed by atoms with Crippen molar-refractivity contribution < 1.29 is 13.2 Å². The van der Waals surface area contributed by atoms with Crippen LogP contribution in [0.25, 0.3) is 10.2 Å². The maximum Gasteiger partial charge on any atom is 0.262 e. The minimum Gasteiger partial charge on any atom is -0.302 e. The number of carbonyl (C=O) groups excluding carboxylic acids is 1. The molecule has 1 N–H and O–H groups in total. The van der Waals surface area contributed by atoms with Crippen LogP contribution in [0.4, 0.5) is 10.8 Å². The van der Waals surface area contributed by atoms with Gasteiger partial charge in [-0.1, -0.05) is 67.1 Å². The monoisotopic (exact) mass is 558 g/mol. The Kier molecular flexibility index (Phi) is 9.67. The molecule has 0 aliphatic carbocycles. The number of thiazole rings is 1. The summed E-state index contributed by atoms with van der Waals surface area (Å²) in [5.74, 6) is -0.302. The summed E-state index contributed by atoms with van der Waals surface area (Å²) in [5, 5.41) is 0.588. The van der Waals surface area contributed by atoms with Crippen molar-refractivity contribution >= 4 is 60.7 Å². The highest BCUT2D eigenvalue weighted by atomic mass is 35.5. The van der Waals surface area contributed by atoms with Gasteiger partial charge in [-0.3, -0.25) is 14.4 Å². The predicted octanol–water partition coefficient (Wildman–Crippen LogP) is 5.82. The van der Waals surface area contributed by atoms with Crippen molar-refractivity contribution in [2.75, 3.05) is 35.8 Å². The smallest absolute Gasteiger partial charge is 0.262 e. The summed E-state index contributed by atoms with van der Waals surface area (Å²) in [4.78, 5) is 22.7. The Balaban J connectivity index is 0.00000380. The number of benzene rings is 3. The molecule has 0 aliphatic heterocycles. The zero-order valence-electron chi connectivity index (χ0n) is 21.0. The van der Waals surface area contributed by atoms with Crippen molar-refractivity contribution in [3.05, 3.63) is 83.9 Å². The Morgan fingerprint density at radius 2 is 1.57 bits per heavy atom. The highest BCUT2D eigenvalue weighted by molar-refractivity contribution is 7.92. The third kappa shape index (κ3) is 6.67. The molecule has 0 atom stereocenters. The molecule has 0 saturated carbocycles. The largest absolute Gasteiger partial charge is 0.302 e. The minimum absolute atomic E-state index is 0. The second-order valence-electron chi connectivity index (χ2n) is 8.41. The summed E-state index contributed by atoms with van der Waals surface area (Å²) < 4.78 is 29.8. The van der Waals surface area contributed by atoms with Crippen molar-refractivity contribution in [1.82, 2.24) is 9.88 Å². The maximum absolute atomic E-state index is 13.9. The molecule has 7 nitrogen and oxygen atoms in total. The molecule has 196 valence electrons.